The van der Waals surface area contributed by atoms with Crippen LogP contribution in [0.25, 0.3) is 0 Å². The predicted molar refractivity (Wildman–Crippen MR) is 77.3 cm³/mol. The summed E-state index contributed by atoms with van der Waals surface area (Å²) in [6.45, 7) is 5.21. The van der Waals surface area contributed by atoms with Gasteiger partial charge in [-0.05, 0) is 30.9 Å². The molecule has 2 N–H and O–H groups in total. The Hall–Kier alpha value is -1.58. The van der Waals surface area contributed by atoms with Gasteiger partial charge in [-0.25, -0.2) is 0 Å². The Balaban J connectivity index is 1.94. The highest BCUT2D eigenvalue weighted by Crippen LogP contribution is 2.18. The highest BCUT2D eigenvalue weighted by atomic mass is 16.1. The van der Waals surface area contributed by atoms with E-state index in [2.05, 4.69) is 29.5 Å². The minimum atomic E-state index is -0.0555. The van der Waals surface area contributed by atoms with Crippen LogP contribution in [-0.2, 0) is 0 Å². The number of hydrogen-bond acceptors (Lipinski definition) is 3. The van der Waals surface area contributed by atoms with Crippen LogP contribution < -0.4 is 10.6 Å². The first-order chi connectivity index (χ1) is 9.15. The van der Waals surface area contributed by atoms with E-state index in [1.807, 2.05) is 12.1 Å². The lowest BCUT2D eigenvalue weighted by molar-refractivity contribution is 0.0933. The van der Waals surface area contributed by atoms with Gasteiger partial charge in [-0.3, -0.25) is 9.78 Å². The number of aromatic nitrogens is 1. The molecule has 0 radical (unpaired) electrons. The Morgan fingerprint density at radius 3 is 2.84 bits per heavy atom. The summed E-state index contributed by atoms with van der Waals surface area (Å²) in [5.74, 6) is 0.518. The van der Waals surface area contributed by atoms with E-state index in [0.717, 1.165) is 25.1 Å². The number of amides is 1. The fourth-order valence-electron chi connectivity index (χ4n) is 2.32. The number of carbonyl (C=O) groups excluding carboxylic acids is 1. The van der Waals surface area contributed by atoms with E-state index in [9.17, 15) is 4.79 Å². The number of carbonyl (C=O) groups is 1. The number of hydrogen-bond donors (Lipinski definition) is 2. The van der Waals surface area contributed by atoms with E-state index in [4.69, 9.17) is 0 Å². The van der Waals surface area contributed by atoms with Crippen molar-refractivity contribution in [2.75, 3.05) is 11.9 Å². The molecule has 4 nitrogen and oxygen atoms in total. The normalized spacial score (nSPS) is 15.7. The van der Waals surface area contributed by atoms with E-state index in [0.29, 0.717) is 17.7 Å². The molecular formula is C15H23N3O. The van der Waals surface area contributed by atoms with Crippen LogP contribution in [-0.4, -0.2) is 23.5 Å². The van der Waals surface area contributed by atoms with Crippen molar-refractivity contribution in [1.82, 2.24) is 10.3 Å². The van der Waals surface area contributed by atoms with Gasteiger partial charge in [-0.2, -0.15) is 0 Å². The Labute approximate surface area is 115 Å². The van der Waals surface area contributed by atoms with Crippen molar-refractivity contribution in [1.29, 1.82) is 0 Å². The summed E-state index contributed by atoms with van der Waals surface area (Å²) >= 11 is 0. The summed E-state index contributed by atoms with van der Waals surface area (Å²) in [6, 6.07) is 4.06. The van der Waals surface area contributed by atoms with Crippen LogP contribution >= 0.6 is 0 Å². The second kappa shape index (κ2) is 6.55. The first-order valence-corrected chi connectivity index (χ1v) is 7.16. The maximum atomic E-state index is 12.1. The van der Waals surface area contributed by atoms with E-state index in [1.54, 1.807) is 6.20 Å². The van der Waals surface area contributed by atoms with Crippen LogP contribution in [0.1, 0.15) is 50.0 Å². The minimum absolute atomic E-state index is 0.0555. The Bertz CT molecular complexity index is 425. The summed E-state index contributed by atoms with van der Waals surface area (Å²) in [5, 5.41) is 6.37. The molecule has 0 spiro atoms. The van der Waals surface area contributed by atoms with Crippen molar-refractivity contribution in [3.63, 3.8) is 0 Å². The average molecular weight is 261 g/mol. The first kappa shape index (κ1) is 13.8. The molecule has 0 unspecified atom stereocenters. The summed E-state index contributed by atoms with van der Waals surface area (Å²) in [6.07, 6.45) is 6.31. The Morgan fingerprint density at radius 2 is 2.16 bits per heavy atom. The fraction of sp³-hybridized carbons (Fsp3) is 0.600. The molecule has 0 aromatic carbocycles. The number of anilines is 1. The van der Waals surface area contributed by atoms with Crippen molar-refractivity contribution in [2.24, 2.45) is 5.92 Å². The van der Waals surface area contributed by atoms with Crippen molar-refractivity contribution in [3.8, 4) is 0 Å². The van der Waals surface area contributed by atoms with Gasteiger partial charge in [0.25, 0.3) is 5.91 Å². The standard InChI is InChI=1S/C15H23N3O/c1-11(2)10-17-13-7-8-16-14(9-13)15(19)18-12-5-3-4-6-12/h7-9,11-12H,3-6,10H2,1-2H3,(H,16,17)(H,18,19). The van der Waals surface area contributed by atoms with Crippen LogP contribution in [0, 0.1) is 5.92 Å². The lowest BCUT2D eigenvalue weighted by atomic mass is 10.2. The molecule has 1 saturated carbocycles. The largest absolute Gasteiger partial charge is 0.385 e. The van der Waals surface area contributed by atoms with Gasteiger partial charge in [0.2, 0.25) is 0 Å². The van der Waals surface area contributed by atoms with E-state index < -0.39 is 0 Å². The fourth-order valence-corrected chi connectivity index (χ4v) is 2.32. The monoisotopic (exact) mass is 261 g/mol. The average Bonchev–Trinajstić information content (AvgIpc) is 2.89. The molecule has 19 heavy (non-hydrogen) atoms. The zero-order valence-corrected chi connectivity index (χ0v) is 11.8. The van der Waals surface area contributed by atoms with Gasteiger partial charge in [0.1, 0.15) is 5.69 Å². The molecule has 1 aliphatic rings. The summed E-state index contributed by atoms with van der Waals surface area (Å²) in [7, 11) is 0. The Kier molecular flexibility index (Phi) is 4.77. The first-order valence-electron chi connectivity index (χ1n) is 7.16. The van der Waals surface area contributed by atoms with Gasteiger partial charge in [0.15, 0.2) is 0 Å². The van der Waals surface area contributed by atoms with E-state index in [-0.39, 0.29) is 5.91 Å². The number of pyridine rings is 1. The molecule has 1 aromatic rings. The zero-order chi connectivity index (χ0) is 13.7. The second-order valence-electron chi connectivity index (χ2n) is 5.66. The molecule has 2 rings (SSSR count). The van der Waals surface area contributed by atoms with Crippen LogP contribution in [0.2, 0.25) is 0 Å². The summed E-state index contributed by atoms with van der Waals surface area (Å²) in [5.41, 5.74) is 1.46. The molecule has 0 aliphatic heterocycles. The zero-order valence-electron chi connectivity index (χ0n) is 11.8. The number of nitrogens with one attached hydrogen (secondary N) is 2. The summed E-state index contributed by atoms with van der Waals surface area (Å²) in [4.78, 5) is 16.2. The van der Waals surface area contributed by atoms with Gasteiger partial charge in [-0.15, -0.1) is 0 Å². The topological polar surface area (TPSA) is 54.0 Å². The number of nitrogens with zero attached hydrogens (tertiary/aromatic N) is 1. The highest BCUT2D eigenvalue weighted by molar-refractivity contribution is 5.93. The SMILES string of the molecule is CC(C)CNc1ccnc(C(=O)NC2CCCC2)c1. The van der Waals surface area contributed by atoms with Crippen LogP contribution in [0.5, 0.6) is 0 Å². The maximum absolute atomic E-state index is 12.1. The highest BCUT2D eigenvalue weighted by Gasteiger charge is 2.18. The quantitative estimate of drug-likeness (QED) is 0.857. The predicted octanol–water partition coefficient (Wildman–Crippen LogP) is 2.82. The minimum Gasteiger partial charge on any atom is -0.385 e. The Morgan fingerprint density at radius 1 is 1.42 bits per heavy atom. The van der Waals surface area contributed by atoms with Crippen LogP contribution in [0.3, 0.4) is 0 Å². The van der Waals surface area contributed by atoms with Gasteiger partial charge >= 0.3 is 0 Å². The van der Waals surface area contributed by atoms with Gasteiger partial charge in [0.05, 0.1) is 0 Å². The lowest BCUT2D eigenvalue weighted by Crippen LogP contribution is -2.33. The molecule has 1 amide bonds. The molecule has 1 aromatic heterocycles. The smallest absolute Gasteiger partial charge is 0.270 e. The lowest BCUT2D eigenvalue weighted by Gasteiger charge is -2.13. The third-order valence-corrected chi connectivity index (χ3v) is 3.40. The third kappa shape index (κ3) is 4.23. The maximum Gasteiger partial charge on any atom is 0.270 e. The summed E-state index contributed by atoms with van der Waals surface area (Å²) < 4.78 is 0. The van der Waals surface area contributed by atoms with Crippen molar-refractivity contribution in [3.05, 3.63) is 24.0 Å². The molecule has 1 heterocycles. The number of rotatable bonds is 5. The van der Waals surface area contributed by atoms with Crippen LogP contribution in [0.15, 0.2) is 18.3 Å². The molecule has 0 bridgehead atoms. The van der Waals surface area contributed by atoms with Gasteiger partial charge in [-0.1, -0.05) is 26.7 Å². The third-order valence-electron chi connectivity index (χ3n) is 3.40. The molecule has 4 heteroatoms. The van der Waals surface area contributed by atoms with Crippen molar-refractivity contribution < 1.29 is 4.79 Å². The second-order valence-corrected chi connectivity index (χ2v) is 5.66. The molecule has 104 valence electrons. The van der Waals surface area contributed by atoms with Crippen molar-refractivity contribution >= 4 is 11.6 Å². The van der Waals surface area contributed by atoms with Crippen molar-refractivity contribution in [2.45, 2.75) is 45.6 Å². The molecule has 0 saturated heterocycles. The van der Waals surface area contributed by atoms with Gasteiger partial charge in [0, 0.05) is 24.5 Å². The van der Waals surface area contributed by atoms with Crippen LogP contribution in [0.4, 0.5) is 5.69 Å². The molecule has 1 fully saturated rings. The molecule has 0 atom stereocenters. The molecular weight excluding hydrogens is 238 g/mol. The van der Waals surface area contributed by atoms with E-state index >= 15 is 0 Å². The van der Waals surface area contributed by atoms with E-state index in [1.165, 1.54) is 12.8 Å². The molecule has 1 aliphatic carbocycles. The van der Waals surface area contributed by atoms with Gasteiger partial charge < -0.3 is 10.6 Å².